The molecular formula is C87H139N7O26S. The first kappa shape index (κ1) is 105. The number of Topliss-reactive ketones (excluding diaryl/α,β-unsaturated/α-hetero) is 2. The first-order valence-corrected chi connectivity index (χ1v) is 42.8. The fourth-order valence-corrected chi connectivity index (χ4v) is 16.1. The number of hydrogen-bond acceptors (Lipinski definition) is 25. The molecule has 3 aliphatic heterocycles. The number of carbonyl (C=O) groups is 12. The summed E-state index contributed by atoms with van der Waals surface area (Å²) in [6, 6.07) is 0.524. The van der Waals surface area contributed by atoms with Crippen LogP contribution < -0.4 is 21.7 Å². The third kappa shape index (κ3) is 29.7. The van der Waals surface area contributed by atoms with Crippen LogP contribution in [0.15, 0.2) is 67.1 Å². The Morgan fingerprint density at radius 3 is 1.07 bits per heavy atom. The second kappa shape index (κ2) is 44.3. The van der Waals surface area contributed by atoms with Crippen LogP contribution in [0.3, 0.4) is 0 Å². The molecule has 10 N–H and O–H groups in total. The van der Waals surface area contributed by atoms with Crippen molar-refractivity contribution in [3.05, 3.63) is 67.8 Å². The van der Waals surface area contributed by atoms with Crippen molar-refractivity contribution in [1.29, 1.82) is 0 Å². The van der Waals surface area contributed by atoms with Gasteiger partial charge in [-0.2, -0.15) is 8.42 Å². The van der Waals surface area contributed by atoms with Crippen molar-refractivity contribution in [2.75, 3.05) is 48.1 Å². The van der Waals surface area contributed by atoms with E-state index in [9.17, 15) is 86.4 Å². The number of nitrogens with two attached hydrogens (primary N) is 1. The number of nitrogens with zero attached hydrogens (tertiary/aromatic N) is 3. The Morgan fingerprint density at radius 1 is 0.504 bits per heavy atom. The number of likely N-dealkylation sites (tertiary alicyclic amines) is 3. The van der Waals surface area contributed by atoms with Crippen LogP contribution in [0.25, 0.3) is 0 Å². The van der Waals surface area contributed by atoms with E-state index in [2.05, 4.69) is 40.4 Å². The molecule has 0 bridgehead atoms. The number of β-amino-alcohol motifs (C(OH)–C–C–N with tert-alkyl or cyclic N) is 3. The van der Waals surface area contributed by atoms with Crippen molar-refractivity contribution in [3.63, 3.8) is 0 Å². The van der Waals surface area contributed by atoms with Crippen LogP contribution in [0.1, 0.15) is 224 Å². The molecule has 1 aromatic rings. The number of aryl methyl sites for hydroxylation is 1. The maximum Gasteiger partial charge on any atom is 0.408 e. The highest BCUT2D eigenvalue weighted by molar-refractivity contribution is 7.85. The molecule has 15 atom stereocenters. The fraction of sp³-hybridized carbons (Fsp3) is 0.724. The van der Waals surface area contributed by atoms with Gasteiger partial charge in [0.15, 0.2) is 11.6 Å². The van der Waals surface area contributed by atoms with Gasteiger partial charge >= 0.3 is 42.2 Å². The summed E-state index contributed by atoms with van der Waals surface area (Å²) in [5, 5.41) is 48.2. The van der Waals surface area contributed by atoms with Gasteiger partial charge in [-0.1, -0.05) is 106 Å². The van der Waals surface area contributed by atoms with Crippen molar-refractivity contribution in [3.8, 4) is 0 Å². The molecule has 6 amide bonds. The van der Waals surface area contributed by atoms with Gasteiger partial charge in [0.05, 0.1) is 73.1 Å². The molecule has 34 heteroatoms. The summed E-state index contributed by atoms with van der Waals surface area (Å²) in [7, 11) is 1.56. The third-order valence-corrected chi connectivity index (χ3v) is 24.3. The quantitative estimate of drug-likeness (QED) is 0.0213. The van der Waals surface area contributed by atoms with Crippen LogP contribution in [0.5, 0.6) is 0 Å². The Morgan fingerprint density at radius 2 is 0.810 bits per heavy atom. The minimum atomic E-state index is -4.02. The van der Waals surface area contributed by atoms with Gasteiger partial charge in [-0.05, 0) is 164 Å². The molecule has 121 heavy (non-hydrogen) atoms. The summed E-state index contributed by atoms with van der Waals surface area (Å²) < 4.78 is 65.0. The van der Waals surface area contributed by atoms with E-state index in [1.807, 2.05) is 69.2 Å². The number of aliphatic carboxylic acids is 1. The number of amides is 6. The number of ketones is 2. The predicted octanol–water partition coefficient (Wildman–Crippen LogP) is 9.20. The zero-order chi connectivity index (χ0) is 90.8. The summed E-state index contributed by atoms with van der Waals surface area (Å²) in [5.41, 5.74) is 1.77. The van der Waals surface area contributed by atoms with Gasteiger partial charge in [0.2, 0.25) is 17.7 Å². The molecule has 9 fully saturated rings. The van der Waals surface area contributed by atoms with Crippen LogP contribution in [-0.2, 0) is 86.4 Å². The standard InChI is InChI=1S/C25H38N2O7.C24H36N2O7.C18H30N2O6.C7H11NO2.C7H8O3S.C5H12O.CH4/c1-6-15-12-25(15,22(31)33-5)13-19(29)18-11-16(28)14-27(18)21(30)20(24(2,3)4)26-23(32)34-17-9-7-8-10-17;1-5-14-11-24(14,21(30)31)12-18(28)17-10-15(27)13-26(17)20(29)19(23(2,3)4)25-22(32)33-16-8-6-7-9-16;1-18(2,3)14(19-17(24)26-12-7-5-6-8-12)15(22)20-10-11(21)9-13(20)16(23)25-4;1-3-5-4-7(5,8)6(9)10-2;1-6-2-4-7(5-3-6)11(8,9)10;1-5(2,3)6-4;/h6,15-18,20,28H,1,7-14H2,2-5H3,(H,26,32);5,14-17,19,27H,1,6-13H2,2-4H3,(H,25,32)(H,30,31);11-14,21H,5-10H2,1-4H3,(H,19,24);3,5H,1,4,8H2,2H3;2-5H,1H3,(H,8,9,10);1-4H3;1H4/t15-,16+,18+,20-,25-;14-,15+,17+,19-,24-;11-,13-,14+;5-,7-;;;/m1101.../s1. The van der Waals surface area contributed by atoms with E-state index in [0.717, 1.165) is 82.6 Å². The summed E-state index contributed by atoms with van der Waals surface area (Å²) in [6.07, 6.45) is 12.3. The number of methoxy groups -OCH3 is 4. The summed E-state index contributed by atoms with van der Waals surface area (Å²) >= 11 is 0. The molecule has 9 aliphatic rings. The number of benzene rings is 1. The highest BCUT2D eigenvalue weighted by Gasteiger charge is 2.63. The van der Waals surface area contributed by atoms with E-state index >= 15 is 0 Å². The molecule has 33 nitrogen and oxygen atoms in total. The number of carbonyl (C=O) groups excluding carboxylic acids is 11. The van der Waals surface area contributed by atoms with Gasteiger partial charge in [-0.3, -0.25) is 42.9 Å². The minimum absolute atomic E-state index is 0. The summed E-state index contributed by atoms with van der Waals surface area (Å²) in [5.74, 6) is -4.82. The molecular weight excluding hydrogens is 1590 g/mol. The van der Waals surface area contributed by atoms with E-state index in [1.54, 1.807) is 58.2 Å². The molecule has 6 saturated carbocycles. The highest BCUT2D eigenvalue weighted by Crippen LogP contribution is 2.58. The maximum absolute atomic E-state index is 13.6. The Labute approximate surface area is 714 Å². The second-order valence-corrected chi connectivity index (χ2v) is 38.6. The van der Waals surface area contributed by atoms with Crippen molar-refractivity contribution < 1.29 is 124 Å². The number of ether oxygens (including phenoxy) is 7. The molecule has 6 aliphatic carbocycles. The smallest absolute Gasteiger partial charge is 0.408 e. The van der Waals surface area contributed by atoms with Crippen LogP contribution in [0.2, 0.25) is 0 Å². The number of aliphatic hydroxyl groups excluding tert-OH is 3. The summed E-state index contributed by atoms with van der Waals surface area (Å²) in [6.45, 7) is 35.1. The SMILES string of the molecule is C.C=C[C@@H]1C[C@]1(CC(=O)[C@@H]1C[C@H](O)CN1C(=O)[C@@H](NC(=O)OC1CCCC1)C(C)(C)C)C(=O)O.C=C[C@@H]1C[C@]1(CC(=O)[C@@H]1C[C@H](O)CN1C(=O)[C@@H](NC(=O)OC1CCCC1)C(C)(C)C)C(=O)OC.C=C[C@@H]1C[C@]1(N)C(=O)OC.COC(=O)[C@@H]1C[C@H](O)CN1C(=O)[C@@H](NC(=O)OC1CCCC1)C(C)(C)C.COC(C)(C)C.Cc1ccc(S(=O)(=O)O)cc1. The zero-order valence-electron chi connectivity index (χ0n) is 73.2. The van der Waals surface area contributed by atoms with Gasteiger partial charge in [0.25, 0.3) is 10.1 Å². The van der Waals surface area contributed by atoms with Crippen molar-refractivity contribution in [2.24, 2.45) is 50.6 Å². The molecule has 0 unspecified atom stereocenters. The minimum Gasteiger partial charge on any atom is -0.481 e. The number of allylic oxidation sites excluding steroid dienone is 2. The van der Waals surface area contributed by atoms with Gasteiger partial charge in [-0.25, -0.2) is 19.2 Å². The Hall–Kier alpha value is -8.41. The van der Waals surface area contributed by atoms with Gasteiger partial charge in [0, 0.05) is 64.8 Å². The van der Waals surface area contributed by atoms with Crippen LogP contribution in [0, 0.1) is 51.8 Å². The number of nitrogens with one attached hydrogen (secondary N) is 3. The second-order valence-electron chi connectivity index (χ2n) is 37.1. The fourth-order valence-electron chi connectivity index (χ4n) is 15.6. The molecule has 0 aromatic heterocycles. The van der Waals surface area contributed by atoms with Crippen LogP contribution >= 0.6 is 0 Å². The highest BCUT2D eigenvalue weighted by atomic mass is 32.2. The largest absolute Gasteiger partial charge is 0.481 e. The zero-order valence-corrected chi connectivity index (χ0v) is 74.0. The van der Waals surface area contributed by atoms with E-state index in [4.69, 9.17) is 38.7 Å². The van der Waals surface area contributed by atoms with E-state index in [0.29, 0.717) is 19.3 Å². The Bertz CT molecular complexity index is 3890. The molecule has 10 rings (SSSR count). The van der Waals surface area contributed by atoms with Crippen LogP contribution in [-0.4, -0.2) is 252 Å². The lowest BCUT2D eigenvalue weighted by atomic mass is 9.85. The Kier molecular flexibility index (Phi) is 38.4. The van der Waals surface area contributed by atoms with Crippen molar-refractivity contribution in [1.82, 2.24) is 30.7 Å². The molecule has 0 spiro atoms. The van der Waals surface area contributed by atoms with E-state index in [-0.39, 0.29) is 117 Å². The molecule has 0 radical (unpaired) electrons. The average molecular weight is 1730 g/mol. The number of aliphatic hydroxyl groups is 3. The van der Waals surface area contributed by atoms with Crippen molar-refractivity contribution in [2.45, 2.75) is 315 Å². The lowest BCUT2D eigenvalue weighted by Crippen LogP contribution is -2.57. The average Bonchev–Trinajstić information content (AvgIpc) is 1.55. The number of carboxylic acids is 1. The number of rotatable bonds is 23. The monoisotopic (exact) mass is 1730 g/mol. The molecule has 1 aromatic carbocycles. The third-order valence-electron chi connectivity index (χ3n) is 23.4. The number of alkyl carbamates (subject to hydrolysis) is 3. The van der Waals surface area contributed by atoms with E-state index < -0.39 is 157 Å². The molecule has 3 saturated heterocycles. The topological polar surface area (TPSA) is 477 Å². The lowest BCUT2D eigenvalue weighted by Gasteiger charge is -2.35. The Balaban J connectivity index is 0.000000330. The summed E-state index contributed by atoms with van der Waals surface area (Å²) in [4.78, 5) is 155. The first-order valence-electron chi connectivity index (χ1n) is 41.3. The number of esters is 3. The number of hydrogen-bond donors (Lipinski definition) is 9. The van der Waals surface area contributed by atoms with Crippen molar-refractivity contribution >= 4 is 81.6 Å². The maximum atomic E-state index is 13.6. The molecule has 3 heterocycles. The normalized spacial score (nSPS) is 26.8. The van der Waals surface area contributed by atoms with Gasteiger partial charge < -0.3 is 90.0 Å². The van der Waals surface area contributed by atoms with Crippen LogP contribution in [0.4, 0.5) is 14.4 Å². The molecule has 684 valence electrons. The van der Waals surface area contributed by atoms with Gasteiger partial charge in [-0.15, -0.1) is 19.7 Å². The predicted molar refractivity (Wildman–Crippen MR) is 448 cm³/mol. The number of carboxylic acid groups (broad SMARTS) is 1. The van der Waals surface area contributed by atoms with Gasteiger partial charge in [0.1, 0.15) is 48.0 Å². The lowest BCUT2D eigenvalue weighted by molar-refractivity contribution is -0.152. The van der Waals surface area contributed by atoms with E-state index in [1.165, 1.54) is 48.2 Å². The first-order chi connectivity index (χ1) is 55.6.